The first-order valence-corrected chi connectivity index (χ1v) is 6.96. The van der Waals surface area contributed by atoms with Crippen molar-refractivity contribution in [3.63, 3.8) is 0 Å². The zero-order valence-electron chi connectivity index (χ0n) is 11.1. The second kappa shape index (κ2) is 5.32. The third-order valence-corrected chi connectivity index (χ3v) is 3.80. The Morgan fingerprint density at radius 2 is 2.15 bits per heavy atom. The van der Waals surface area contributed by atoms with Gasteiger partial charge in [-0.15, -0.1) is 0 Å². The minimum atomic E-state index is -0.180. The first-order chi connectivity index (χ1) is 9.63. The van der Waals surface area contributed by atoms with Crippen LogP contribution in [0.15, 0.2) is 21.1 Å². The molecule has 106 valence electrons. The lowest BCUT2D eigenvalue weighted by Crippen LogP contribution is -2.34. The molecule has 0 radical (unpaired) electrons. The zero-order chi connectivity index (χ0) is 14.1. The Labute approximate surface area is 121 Å². The van der Waals surface area contributed by atoms with Crippen molar-refractivity contribution in [1.82, 2.24) is 15.0 Å². The van der Waals surface area contributed by atoms with Gasteiger partial charge in [0, 0.05) is 19.0 Å². The largest absolute Gasteiger partial charge is 0.458 e. The molecule has 6 nitrogen and oxygen atoms in total. The highest BCUT2D eigenvalue weighted by Gasteiger charge is 2.27. The molecule has 3 rings (SSSR count). The highest BCUT2D eigenvalue weighted by atomic mass is 32.1. The van der Waals surface area contributed by atoms with Gasteiger partial charge in [-0.1, -0.05) is 17.8 Å². The molecule has 1 aliphatic heterocycles. The number of furan rings is 1. The molecule has 1 aliphatic rings. The van der Waals surface area contributed by atoms with Crippen LogP contribution in [0.25, 0.3) is 11.6 Å². The quantitative estimate of drug-likeness (QED) is 0.862. The fraction of sp³-hybridized carbons (Fsp3) is 0.462. The van der Waals surface area contributed by atoms with E-state index in [9.17, 15) is 4.79 Å². The Bertz CT molecular complexity index is 614. The molecule has 1 amide bonds. The lowest BCUT2D eigenvalue weighted by molar-refractivity contribution is 0.198. The standard InChI is InChI=1S/C13H15N3O3S/c1-8-2-3-10(18-8)11-14-12(19-15-11)9-4-6-16(7-5-9)13(17)20/h2-3,9H,4-7H2,1H3,(H,17,20). The topological polar surface area (TPSA) is 72.4 Å². The molecule has 0 unspecified atom stereocenters. The van der Waals surface area contributed by atoms with Crippen LogP contribution in [-0.2, 0) is 0 Å². The summed E-state index contributed by atoms with van der Waals surface area (Å²) in [7, 11) is 0. The van der Waals surface area contributed by atoms with Crippen LogP contribution < -0.4 is 0 Å². The summed E-state index contributed by atoms with van der Waals surface area (Å²) >= 11 is 3.84. The van der Waals surface area contributed by atoms with Crippen LogP contribution in [0.1, 0.15) is 30.4 Å². The molecule has 7 heteroatoms. The first kappa shape index (κ1) is 13.2. The average Bonchev–Trinajstić information content (AvgIpc) is 3.07. The Morgan fingerprint density at radius 1 is 1.40 bits per heavy atom. The maximum absolute atomic E-state index is 11.2. The van der Waals surface area contributed by atoms with E-state index in [0.29, 0.717) is 30.6 Å². The second-order valence-electron chi connectivity index (χ2n) is 4.91. The van der Waals surface area contributed by atoms with Crippen LogP contribution in [0.2, 0.25) is 0 Å². The Morgan fingerprint density at radius 3 is 2.75 bits per heavy atom. The average molecular weight is 293 g/mol. The number of hydrogen-bond donors (Lipinski definition) is 1. The van der Waals surface area contributed by atoms with Gasteiger partial charge in [-0.05, 0) is 31.9 Å². The van der Waals surface area contributed by atoms with Crippen molar-refractivity contribution in [2.45, 2.75) is 25.7 Å². The van der Waals surface area contributed by atoms with E-state index < -0.39 is 0 Å². The van der Waals surface area contributed by atoms with Crippen LogP contribution in [0.5, 0.6) is 0 Å². The summed E-state index contributed by atoms with van der Waals surface area (Å²) in [5.74, 6) is 2.70. The molecule has 1 saturated heterocycles. The maximum atomic E-state index is 11.2. The SMILES string of the molecule is Cc1ccc(-c2noc(C3CCN(C(=O)S)CC3)n2)o1. The molecule has 0 bridgehead atoms. The number of carbonyl (C=O) groups is 1. The number of aryl methyl sites for hydroxylation is 1. The Hall–Kier alpha value is -1.76. The smallest absolute Gasteiger partial charge is 0.278 e. The van der Waals surface area contributed by atoms with E-state index in [1.165, 1.54) is 0 Å². The summed E-state index contributed by atoms with van der Waals surface area (Å²) in [4.78, 5) is 17.3. The van der Waals surface area contributed by atoms with Crippen LogP contribution in [0.4, 0.5) is 4.79 Å². The molecule has 0 saturated carbocycles. The number of likely N-dealkylation sites (tertiary alicyclic amines) is 1. The van der Waals surface area contributed by atoms with Crippen molar-refractivity contribution < 1.29 is 13.7 Å². The van der Waals surface area contributed by atoms with Gasteiger partial charge >= 0.3 is 0 Å². The fourth-order valence-electron chi connectivity index (χ4n) is 2.37. The molecule has 2 aromatic heterocycles. The van der Waals surface area contributed by atoms with Gasteiger partial charge in [0.1, 0.15) is 5.76 Å². The predicted octanol–water partition coefficient (Wildman–Crippen LogP) is 2.87. The lowest BCUT2D eigenvalue weighted by atomic mass is 9.97. The Balaban J connectivity index is 1.70. The van der Waals surface area contributed by atoms with Gasteiger partial charge in [0.15, 0.2) is 5.76 Å². The summed E-state index contributed by atoms with van der Waals surface area (Å²) in [5, 5.41) is 3.77. The number of carbonyl (C=O) groups excluding carboxylic acids is 1. The summed E-state index contributed by atoms with van der Waals surface area (Å²) < 4.78 is 10.8. The van der Waals surface area contributed by atoms with E-state index in [1.807, 2.05) is 19.1 Å². The highest BCUT2D eigenvalue weighted by Crippen LogP contribution is 2.29. The van der Waals surface area contributed by atoms with Crippen molar-refractivity contribution in [3.8, 4) is 11.6 Å². The van der Waals surface area contributed by atoms with E-state index in [1.54, 1.807) is 4.90 Å². The number of rotatable bonds is 2. The highest BCUT2D eigenvalue weighted by molar-refractivity contribution is 7.96. The van der Waals surface area contributed by atoms with Gasteiger partial charge in [0.25, 0.3) is 5.24 Å². The number of aromatic nitrogens is 2. The van der Waals surface area contributed by atoms with Crippen molar-refractivity contribution in [3.05, 3.63) is 23.8 Å². The molecule has 20 heavy (non-hydrogen) atoms. The van der Waals surface area contributed by atoms with E-state index in [0.717, 1.165) is 18.6 Å². The van der Waals surface area contributed by atoms with Crippen molar-refractivity contribution in [1.29, 1.82) is 0 Å². The summed E-state index contributed by atoms with van der Waals surface area (Å²) in [6.07, 6.45) is 1.62. The molecule has 0 aliphatic carbocycles. The molecule has 0 spiro atoms. The molecule has 3 heterocycles. The van der Waals surface area contributed by atoms with Crippen LogP contribution in [0.3, 0.4) is 0 Å². The fourth-order valence-corrected chi connectivity index (χ4v) is 2.57. The monoisotopic (exact) mass is 293 g/mol. The van der Waals surface area contributed by atoms with Gasteiger partial charge in [0.2, 0.25) is 11.7 Å². The number of piperidine rings is 1. The number of amides is 1. The third kappa shape index (κ3) is 2.58. The first-order valence-electron chi connectivity index (χ1n) is 6.52. The number of nitrogens with zero attached hydrogens (tertiary/aromatic N) is 3. The van der Waals surface area contributed by atoms with E-state index in [2.05, 4.69) is 22.8 Å². The normalized spacial score (nSPS) is 16.6. The second-order valence-corrected chi connectivity index (χ2v) is 5.29. The van der Waals surface area contributed by atoms with E-state index >= 15 is 0 Å². The van der Waals surface area contributed by atoms with Crippen molar-refractivity contribution in [2.24, 2.45) is 0 Å². The third-order valence-electron chi connectivity index (χ3n) is 3.52. The zero-order valence-corrected chi connectivity index (χ0v) is 12.0. The molecule has 0 N–H and O–H groups in total. The van der Waals surface area contributed by atoms with E-state index in [4.69, 9.17) is 8.94 Å². The minimum Gasteiger partial charge on any atom is -0.458 e. The minimum absolute atomic E-state index is 0.180. The van der Waals surface area contributed by atoms with Gasteiger partial charge < -0.3 is 13.8 Å². The Kier molecular flexibility index (Phi) is 3.52. The molecular weight excluding hydrogens is 278 g/mol. The van der Waals surface area contributed by atoms with Gasteiger partial charge in [-0.3, -0.25) is 4.79 Å². The molecule has 0 atom stereocenters. The maximum Gasteiger partial charge on any atom is 0.278 e. The van der Waals surface area contributed by atoms with Crippen molar-refractivity contribution >= 4 is 17.9 Å². The van der Waals surface area contributed by atoms with Gasteiger partial charge in [-0.2, -0.15) is 4.98 Å². The number of hydrogen-bond acceptors (Lipinski definition) is 5. The predicted molar refractivity (Wildman–Crippen MR) is 74.7 cm³/mol. The van der Waals surface area contributed by atoms with E-state index in [-0.39, 0.29) is 11.2 Å². The van der Waals surface area contributed by atoms with Crippen molar-refractivity contribution in [2.75, 3.05) is 13.1 Å². The van der Waals surface area contributed by atoms with Crippen LogP contribution in [-0.4, -0.2) is 33.4 Å². The number of thiol groups is 1. The summed E-state index contributed by atoms with van der Waals surface area (Å²) in [6.45, 7) is 3.21. The van der Waals surface area contributed by atoms with Crippen LogP contribution >= 0.6 is 12.6 Å². The lowest BCUT2D eigenvalue weighted by Gasteiger charge is -2.28. The summed E-state index contributed by atoms with van der Waals surface area (Å²) in [5.41, 5.74) is 0. The van der Waals surface area contributed by atoms with Crippen LogP contribution in [0, 0.1) is 6.92 Å². The van der Waals surface area contributed by atoms with Gasteiger partial charge in [-0.25, -0.2) is 0 Å². The molecule has 1 fully saturated rings. The summed E-state index contributed by atoms with van der Waals surface area (Å²) in [6, 6.07) is 3.69. The molecule has 0 aromatic carbocycles. The molecular formula is C13H15N3O3S. The molecule has 2 aromatic rings. The van der Waals surface area contributed by atoms with Gasteiger partial charge in [0.05, 0.1) is 0 Å².